The first-order valence-corrected chi connectivity index (χ1v) is 8.22. The molecule has 2 aromatic rings. The predicted molar refractivity (Wildman–Crippen MR) is 97.2 cm³/mol. The van der Waals surface area contributed by atoms with Gasteiger partial charge in [0, 0.05) is 16.2 Å². The molecule has 132 valence electrons. The van der Waals surface area contributed by atoms with Gasteiger partial charge in [0.05, 0.1) is 19.8 Å². The minimum Gasteiger partial charge on any atom is -0.497 e. The fourth-order valence-electron chi connectivity index (χ4n) is 1.98. The highest BCUT2D eigenvalue weighted by Crippen LogP contribution is 2.23. The van der Waals surface area contributed by atoms with Gasteiger partial charge in [-0.15, -0.1) is 0 Å². The van der Waals surface area contributed by atoms with Crippen molar-refractivity contribution in [2.24, 2.45) is 0 Å². The van der Waals surface area contributed by atoms with Crippen molar-refractivity contribution in [3.8, 4) is 11.5 Å². The zero-order chi connectivity index (χ0) is 18.4. The molecule has 0 aliphatic carbocycles. The topological polar surface area (TPSA) is 73.9 Å². The molecule has 0 saturated heterocycles. The van der Waals surface area contributed by atoms with Crippen molar-refractivity contribution < 1.29 is 23.8 Å². The van der Waals surface area contributed by atoms with Crippen LogP contribution in [0.3, 0.4) is 0 Å². The van der Waals surface area contributed by atoms with E-state index in [2.05, 4.69) is 21.2 Å². The number of hydrogen-bond donors (Lipinski definition) is 1. The monoisotopic (exact) mass is 407 g/mol. The SMILES string of the molecule is COc1cc(OC)cc(C(=O)OC(C)C(=O)Nc2ccc(Br)cc2)c1. The molecular weight excluding hydrogens is 390 g/mol. The molecule has 0 heterocycles. The number of carbonyl (C=O) groups is 2. The van der Waals surface area contributed by atoms with Gasteiger partial charge in [-0.25, -0.2) is 4.79 Å². The maximum Gasteiger partial charge on any atom is 0.339 e. The van der Waals surface area contributed by atoms with E-state index in [1.54, 1.807) is 30.3 Å². The number of amides is 1. The number of halogens is 1. The number of methoxy groups -OCH3 is 2. The molecule has 1 atom stereocenters. The van der Waals surface area contributed by atoms with Crippen LogP contribution in [0.15, 0.2) is 46.9 Å². The molecule has 0 spiro atoms. The highest BCUT2D eigenvalue weighted by atomic mass is 79.9. The molecule has 0 saturated carbocycles. The van der Waals surface area contributed by atoms with Crippen LogP contribution in [0.25, 0.3) is 0 Å². The van der Waals surface area contributed by atoms with Gasteiger partial charge in [-0.1, -0.05) is 15.9 Å². The molecular formula is C18H18BrNO5. The maximum atomic E-state index is 12.3. The molecule has 6 nitrogen and oxygen atoms in total. The van der Waals surface area contributed by atoms with E-state index >= 15 is 0 Å². The number of nitrogens with one attached hydrogen (secondary N) is 1. The minimum absolute atomic E-state index is 0.236. The summed E-state index contributed by atoms with van der Waals surface area (Å²) in [5, 5.41) is 2.68. The van der Waals surface area contributed by atoms with Crippen LogP contribution in [-0.4, -0.2) is 32.2 Å². The average Bonchev–Trinajstić information content (AvgIpc) is 2.62. The third kappa shape index (κ3) is 5.22. The maximum absolute atomic E-state index is 12.3. The Morgan fingerprint density at radius 1 is 1.00 bits per heavy atom. The molecule has 1 N–H and O–H groups in total. The Bertz CT molecular complexity index is 738. The molecule has 25 heavy (non-hydrogen) atoms. The summed E-state index contributed by atoms with van der Waals surface area (Å²) < 4.78 is 16.4. The van der Waals surface area contributed by atoms with Crippen LogP contribution in [0.2, 0.25) is 0 Å². The van der Waals surface area contributed by atoms with Gasteiger partial charge < -0.3 is 19.5 Å². The van der Waals surface area contributed by atoms with Gasteiger partial charge in [-0.2, -0.15) is 0 Å². The Morgan fingerprint density at radius 3 is 2.08 bits per heavy atom. The highest BCUT2D eigenvalue weighted by Gasteiger charge is 2.20. The van der Waals surface area contributed by atoms with Crippen LogP contribution >= 0.6 is 15.9 Å². The summed E-state index contributed by atoms with van der Waals surface area (Å²) in [5.41, 5.74) is 0.846. The van der Waals surface area contributed by atoms with Gasteiger partial charge in [-0.05, 0) is 43.3 Å². The van der Waals surface area contributed by atoms with Crippen LogP contribution in [0.1, 0.15) is 17.3 Å². The molecule has 1 unspecified atom stereocenters. The number of hydrogen-bond acceptors (Lipinski definition) is 5. The zero-order valence-corrected chi connectivity index (χ0v) is 15.6. The Kier molecular flexibility index (Phi) is 6.41. The van der Waals surface area contributed by atoms with Crippen LogP contribution in [-0.2, 0) is 9.53 Å². The van der Waals surface area contributed by atoms with E-state index in [4.69, 9.17) is 14.2 Å². The van der Waals surface area contributed by atoms with Crippen LogP contribution in [0.5, 0.6) is 11.5 Å². The van der Waals surface area contributed by atoms with Crippen LogP contribution < -0.4 is 14.8 Å². The fraction of sp³-hybridized carbons (Fsp3) is 0.222. The van der Waals surface area contributed by atoms with Crippen molar-refractivity contribution in [2.75, 3.05) is 19.5 Å². The average molecular weight is 408 g/mol. The van der Waals surface area contributed by atoms with Gasteiger partial charge in [0.15, 0.2) is 6.10 Å². The second kappa shape index (κ2) is 8.53. The van der Waals surface area contributed by atoms with Gasteiger partial charge in [0.2, 0.25) is 0 Å². The molecule has 0 fully saturated rings. The van der Waals surface area contributed by atoms with Crippen molar-refractivity contribution >= 4 is 33.5 Å². The van der Waals surface area contributed by atoms with Crippen molar-refractivity contribution in [3.63, 3.8) is 0 Å². The third-order valence-corrected chi connectivity index (χ3v) is 3.88. The number of carbonyl (C=O) groups excluding carboxylic acids is 2. The molecule has 2 rings (SSSR count). The predicted octanol–water partition coefficient (Wildman–Crippen LogP) is 3.65. The highest BCUT2D eigenvalue weighted by molar-refractivity contribution is 9.10. The molecule has 7 heteroatoms. The Morgan fingerprint density at radius 2 is 1.56 bits per heavy atom. The first-order valence-electron chi connectivity index (χ1n) is 7.43. The second-order valence-electron chi connectivity index (χ2n) is 5.15. The number of esters is 1. The summed E-state index contributed by atoms with van der Waals surface area (Å²) in [6.07, 6.45) is -0.964. The first-order chi connectivity index (χ1) is 11.9. The Balaban J connectivity index is 2.03. The fourth-order valence-corrected chi connectivity index (χ4v) is 2.25. The number of ether oxygens (including phenoxy) is 3. The molecule has 0 aliphatic heterocycles. The second-order valence-corrected chi connectivity index (χ2v) is 6.06. The lowest BCUT2D eigenvalue weighted by Crippen LogP contribution is -2.30. The summed E-state index contributed by atoms with van der Waals surface area (Å²) in [7, 11) is 2.97. The van der Waals surface area contributed by atoms with E-state index in [1.165, 1.54) is 33.3 Å². The van der Waals surface area contributed by atoms with Crippen molar-refractivity contribution in [2.45, 2.75) is 13.0 Å². The van der Waals surface area contributed by atoms with Crippen molar-refractivity contribution in [3.05, 3.63) is 52.5 Å². The molecule has 1 amide bonds. The summed E-state index contributed by atoms with van der Waals surface area (Å²) in [6, 6.07) is 11.8. The van der Waals surface area contributed by atoms with Gasteiger partial charge in [-0.3, -0.25) is 4.79 Å². The van der Waals surface area contributed by atoms with E-state index in [1.807, 2.05) is 0 Å². The zero-order valence-electron chi connectivity index (χ0n) is 14.0. The van der Waals surface area contributed by atoms with Gasteiger partial charge in [0.25, 0.3) is 5.91 Å². The summed E-state index contributed by atoms with van der Waals surface area (Å²) >= 11 is 3.32. The molecule has 2 aromatic carbocycles. The number of benzene rings is 2. The quantitative estimate of drug-likeness (QED) is 0.739. The van der Waals surface area contributed by atoms with Crippen molar-refractivity contribution in [1.29, 1.82) is 0 Å². The normalized spacial score (nSPS) is 11.4. The Hall–Kier alpha value is -2.54. The van der Waals surface area contributed by atoms with E-state index in [0.29, 0.717) is 17.2 Å². The van der Waals surface area contributed by atoms with E-state index in [-0.39, 0.29) is 5.56 Å². The lowest BCUT2D eigenvalue weighted by atomic mass is 10.2. The van der Waals surface area contributed by atoms with E-state index in [0.717, 1.165) is 4.47 Å². The largest absolute Gasteiger partial charge is 0.497 e. The van der Waals surface area contributed by atoms with Gasteiger partial charge >= 0.3 is 5.97 Å². The number of anilines is 1. The summed E-state index contributed by atoms with van der Waals surface area (Å²) in [4.78, 5) is 24.4. The van der Waals surface area contributed by atoms with E-state index in [9.17, 15) is 9.59 Å². The third-order valence-electron chi connectivity index (χ3n) is 3.35. The lowest BCUT2D eigenvalue weighted by molar-refractivity contribution is -0.123. The summed E-state index contributed by atoms with van der Waals surface area (Å²) in [6.45, 7) is 1.50. The Labute approximate surface area is 154 Å². The lowest BCUT2D eigenvalue weighted by Gasteiger charge is -2.14. The van der Waals surface area contributed by atoms with Crippen LogP contribution in [0.4, 0.5) is 5.69 Å². The van der Waals surface area contributed by atoms with Gasteiger partial charge in [0.1, 0.15) is 11.5 Å². The first kappa shape index (κ1) is 18.8. The molecule has 0 aromatic heterocycles. The molecule has 0 bridgehead atoms. The number of rotatable bonds is 6. The minimum atomic E-state index is -0.964. The van der Waals surface area contributed by atoms with E-state index < -0.39 is 18.0 Å². The summed E-state index contributed by atoms with van der Waals surface area (Å²) in [5.74, 6) is -0.155. The van der Waals surface area contributed by atoms with Crippen molar-refractivity contribution in [1.82, 2.24) is 0 Å². The van der Waals surface area contributed by atoms with Crippen LogP contribution in [0, 0.1) is 0 Å². The molecule has 0 aliphatic rings. The smallest absolute Gasteiger partial charge is 0.339 e. The molecule has 0 radical (unpaired) electrons. The standard InChI is InChI=1S/C18H18BrNO5/c1-11(17(21)20-14-6-4-13(19)5-7-14)25-18(22)12-8-15(23-2)10-16(9-12)24-3/h4-11H,1-3H3,(H,20,21).